The molecule has 0 heterocycles. The van der Waals surface area contributed by atoms with Crippen molar-refractivity contribution in [2.75, 3.05) is 13.2 Å². The lowest BCUT2D eigenvalue weighted by Gasteiger charge is -2.06. The van der Waals surface area contributed by atoms with E-state index in [1.54, 1.807) is 19.9 Å². The third-order valence-electron chi connectivity index (χ3n) is 3.47. The standard InChI is InChI=1S/C21H22O4/c1-16(2)21(23)25-15-14-24-20(22)13-10-17-8-11-19(12-9-17)18-6-4-3-5-7-18/h3-13,16H,14-15H2,1-2H3/b13-10+. The molecule has 0 aromatic heterocycles. The highest BCUT2D eigenvalue weighted by Gasteiger charge is 2.07. The van der Waals surface area contributed by atoms with E-state index in [9.17, 15) is 9.59 Å². The summed E-state index contributed by atoms with van der Waals surface area (Å²) in [7, 11) is 0. The quantitative estimate of drug-likeness (QED) is 0.433. The van der Waals surface area contributed by atoms with Crippen molar-refractivity contribution in [2.24, 2.45) is 5.92 Å². The lowest BCUT2D eigenvalue weighted by atomic mass is 10.0. The van der Waals surface area contributed by atoms with Crippen LogP contribution in [-0.2, 0) is 19.1 Å². The molecule has 0 radical (unpaired) electrons. The molecule has 2 aromatic rings. The van der Waals surface area contributed by atoms with Crippen LogP contribution in [0.2, 0.25) is 0 Å². The molecular weight excluding hydrogens is 316 g/mol. The fraction of sp³-hybridized carbons (Fsp3) is 0.238. The van der Waals surface area contributed by atoms with Crippen LogP contribution >= 0.6 is 0 Å². The normalized spacial score (nSPS) is 10.8. The van der Waals surface area contributed by atoms with Gasteiger partial charge in [0.2, 0.25) is 0 Å². The summed E-state index contributed by atoms with van der Waals surface area (Å²) < 4.78 is 9.92. The smallest absolute Gasteiger partial charge is 0.330 e. The van der Waals surface area contributed by atoms with Crippen LogP contribution in [0.5, 0.6) is 0 Å². The SMILES string of the molecule is CC(C)C(=O)OCCOC(=O)/C=C/c1ccc(-c2ccccc2)cc1. The van der Waals surface area contributed by atoms with E-state index in [0.29, 0.717) is 0 Å². The highest BCUT2D eigenvalue weighted by molar-refractivity contribution is 5.87. The fourth-order valence-corrected chi connectivity index (χ4v) is 2.08. The van der Waals surface area contributed by atoms with Crippen molar-refractivity contribution in [3.8, 4) is 11.1 Å². The molecule has 130 valence electrons. The van der Waals surface area contributed by atoms with Gasteiger partial charge in [-0.25, -0.2) is 4.79 Å². The van der Waals surface area contributed by atoms with E-state index in [-0.39, 0.29) is 25.1 Å². The van der Waals surface area contributed by atoms with Gasteiger partial charge >= 0.3 is 11.9 Å². The van der Waals surface area contributed by atoms with Crippen LogP contribution < -0.4 is 0 Å². The highest BCUT2D eigenvalue weighted by atomic mass is 16.6. The summed E-state index contributed by atoms with van der Waals surface area (Å²) in [5.41, 5.74) is 3.17. The van der Waals surface area contributed by atoms with Gasteiger partial charge in [0.25, 0.3) is 0 Å². The summed E-state index contributed by atoms with van der Waals surface area (Å²) in [6, 6.07) is 18.0. The van der Waals surface area contributed by atoms with Crippen molar-refractivity contribution in [2.45, 2.75) is 13.8 Å². The first kappa shape index (κ1) is 18.5. The zero-order chi connectivity index (χ0) is 18.1. The van der Waals surface area contributed by atoms with E-state index in [1.165, 1.54) is 6.08 Å². The average molecular weight is 338 g/mol. The van der Waals surface area contributed by atoms with Gasteiger partial charge in [-0.05, 0) is 22.8 Å². The fourth-order valence-electron chi connectivity index (χ4n) is 2.08. The molecule has 2 rings (SSSR count). The van der Waals surface area contributed by atoms with Crippen molar-refractivity contribution in [3.05, 3.63) is 66.2 Å². The zero-order valence-electron chi connectivity index (χ0n) is 14.5. The minimum absolute atomic E-state index is 0.0502. The molecule has 0 aliphatic heterocycles. The minimum Gasteiger partial charge on any atom is -0.462 e. The van der Waals surface area contributed by atoms with Gasteiger partial charge in [0.1, 0.15) is 13.2 Å². The molecule has 0 spiro atoms. The third-order valence-corrected chi connectivity index (χ3v) is 3.47. The van der Waals surface area contributed by atoms with E-state index in [1.807, 2.05) is 54.6 Å². The summed E-state index contributed by atoms with van der Waals surface area (Å²) in [4.78, 5) is 22.9. The monoisotopic (exact) mass is 338 g/mol. The van der Waals surface area contributed by atoms with Crippen LogP contribution in [0.1, 0.15) is 19.4 Å². The first-order valence-electron chi connectivity index (χ1n) is 8.23. The lowest BCUT2D eigenvalue weighted by Crippen LogP contribution is -2.16. The van der Waals surface area contributed by atoms with Crippen LogP contribution in [0, 0.1) is 5.92 Å². The Morgan fingerprint density at radius 1 is 0.880 bits per heavy atom. The summed E-state index contributed by atoms with van der Waals surface area (Å²) in [6.45, 7) is 3.62. The maximum atomic E-state index is 11.6. The predicted molar refractivity (Wildman–Crippen MR) is 97.7 cm³/mol. The van der Waals surface area contributed by atoms with Crippen molar-refractivity contribution < 1.29 is 19.1 Å². The van der Waals surface area contributed by atoms with Gasteiger partial charge in [-0.3, -0.25) is 4.79 Å². The molecule has 0 unspecified atom stereocenters. The minimum atomic E-state index is -0.465. The Bertz CT molecular complexity index is 715. The van der Waals surface area contributed by atoms with Crippen LogP contribution in [0.15, 0.2) is 60.7 Å². The first-order chi connectivity index (χ1) is 12.1. The Balaban J connectivity index is 1.79. The molecular formula is C21H22O4. The van der Waals surface area contributed by atoms with E-state index in [2.05, 4.69) is 0 Å². The molecule has 2 aromatic carbocycles. The number of carbonyl (C=O) groups is 2. The third kappa shape index (κ3) is 6.26. The summed E-state index contributed by atoms with van der Waals surface area (Å²) in [5, 5.41) is 0. The largest absolute Gasteiger partial charge is 0.462 e. The molecule has 25 heavy (non-hydrogen) atoms. The highest BCUT2D eigenvalue weighted by Crippen LogP contribution is 2.19. The molecule has 0 N–H and O–H groups in total. The van der Waals surface area contributed by atoms with Crippen LogP contribution in [0.25, 0.3) is 17.2 Å². The second-order valence-corrected chi connectivity index (χ2v) is 5.81. The molecule has 0 atom stereocenters. The number of rotatable bonds is 7. The molecule has 0 aliphatic rings. The maximum absolute atomic E-state index is 11.6. The Labute approximate surface area is 148 Å². The number of hydrogen-bond acceptors (Lipinski definition) is 4. The van der Waals surface area contributed by atoms with E-state index >= 15 is 0 Å². The first-order valence-corrected chi connectivity index (χ1v) is 8.23. The Kier molecular flexibility index (Phi) is 6.96. The topological polar surface area (TPSA) is 52.6 Å². The molecule has 0 aliphatic carbocycles. The van der Waals surface area contributed by atoms with Crippen molar-refractivity contribution in [1.29, 1.82) is 0 Å². The van der Waals surface area contributed by atoms with E-state index < -0.39 is 5.97 Å². The van der Waals surface area contributed by atoms with Crippen molar-refractivity contribution >= 4 is 18.0 Å². The van der Waals surface area contributed by atoms with Crippen molar-refractivity contribution in [3.63, 3.8) is 0 Å². The number of ether oxygens (including phenoxy) is 2. The maximum Gasteiger partial charge on any atom is 0.330 e. The number of hydrogen-bond donors (Lipinski definition) is 0. The molecule has 4 nitrogen and oxygen atoms in total. The second kappa shape index (κ2) is 9.42. The number of carbonyl (C=O) groups excluding carboxylic acids is 2. The Morgan fingerprint density at radius 2 is 1.48 bits per heavy atom. The van der Waals surface area contributed by atoms with Crippen LogP contribution in [0.3, 0.4) is 0 Å². The van der Waals surface area contributed by atoms with Gasteiger partial charge in [-0.2, -0.15) is 0 Å². The summed E-state index contributed by atoms with van der Waals surface area (Å²) in [5.74, 6) is -0.952. The predicted octanol–water partition coefficient (Wildman–Crippen LogP) is 4.11. The zero-order valence-corrected chi connectivity index (χ0v) is 14.5. The van der Waals surface area contributed by atoms with Gasteiger partial charge in [0.05, 0.1) is 5.92 Å². The van der Waals surface area contributed by atoms with Gasteiger partial charge < -0.3 is 9.47 Å². The molecule has 0 bridgehead atoms. The molecule has 0 amide bonds. The molecule has 4 heteroatoms. The van der Waals surface area contributed by atoms with Crippen LogP contribution in [0.4, 0.5) is 0 Å². The number of benzene rings is 2. The second-order valence-electron chi connectivity index (χ2n) is 5.81. The van der Waals surface area contributed by atoms with E-state index in [4.69, 9.17) is 9.47 Å². The van der Waals surface area contributed by atoms with Gasteiger partial charge in [-0.15, -0.1) is 0 Å². The molecule has 0 fully saturated rings. The number of esters is 2. The van der Waals surface area contributed by atoms with Gasteiger partial charge in [0, 0.05) is 6.08 Å². The molecule has 0 saturated carbocycles. The van der Waals surface area contributed by atoms with Crippen LogP contribution in [-0.4, -0.2) is 25.2 Å². The van der Waals surface area contributed by atoms with E-state index in [0.717, 1.165) is 16.7 Å². The summed E-state index contributed by atoms with van der Waals surface area (Å²) in [6.07, 6.45) is 3.05. The Hall–Kier alpha value is -2.88. The lowest BCUT2D eigenvalue weighted by molar-refractivity contribution is -0.152. The van der Waals surface area contributed by atoms with Gasteiger partial charge in [-0.1, -0.05) is 68.4 Å². The Morgan fingerprint density at radius 3 is 2.12 bits per heavy atom. The summed E-state index contributed by atoms with van der Waals surface area (Å²) >= 11 is 0. The molecule has 0 saturated heterocycles. The van der Waals surface area contributed by atoms with Gasteiger partial charge in [0.15, 0.2) is 0 Å². The van der Waals surface area contributed by atoms with Crippen molar-refractivity contribution in [1.82, 2.24) is 0 Å². The average Bonchev–Trinajstić information content (AvgIpc) is 2.64.